The standard InChI is InChI=1S/C21H22N4O/c1-4-26-18-9-7-16(8-10-18)20-12-19(24-21-22-13-23-25(20)21)17-6-5-14(2)15(3)11-17/h5-13,20H,4H2,1-3H3,(H,22,23,24)/t20-/m0/s1. The van der Waals surface area contributed by atoms with Crippen LogP contribution < -0.4 is 10.1 Å². The number of nitrogens with zero attached hydrogens (tertiary/aromatic N) is 3. The highest BCUT2D eigenvalue weighted by Crippen LogP contribution is 2.33. The summed E-state index contributed by atoms with van der Waals surface area (Å²) in [6.07, 6.45) is 3.78. The Morgan fingerprint density at radius 3 is 2.62 bits per heavy atom. The van der Waals surface area contributed by atoms with Gasteiger partial charge in [-0.1, -0.05) is 24.3 Å². The lowest BCUT2D eigenvalue weighted by atomic mass is 9.99. The Kier molecular flexibility index (Phi) is 4.21. The fourth-order valence-electron chi connectivity index (χ4n) is 3.18. The summed E-state index contributed by atoms with van der Waals surface area (Å²) in [5.41, 5.74) is 5.90. The van der Waals surface area contributed by atoms with Crippen molar-refractivity contribution < 1.29 is 4.74 Å². The van der Waals surface area contributed by atoms with Gasteiger partial charge in [-0.05, 0) is 67.3 Å². The van der Waals surface area contributed by atoms with E-state index in [1.807, 2.05) is 23.7 Å². The molecule has 0 spiro atoms. The first kappa shape index (κ1) is 16.4. The molecular formula is C21H22N4O. The summed E-state index contributed by atoms with van der Waals surface area (Å²) >= 11 is 0. The number of aryl methyl sites for hydroxylation is 2. The van der Waals surface area contributed by atoms with Gasteiger partial charge >= 0.3 is 0 Å². The molecule has 0 saturated carbocycles. The fraction of sp³-hybridized carbons (Fsp3) is 0.238. The van der Waals surface area contributed by atoms with Gasteiger partial charge in [-0.3, -0.25) is 0 Å². The maximum atomic E-state index is 5.55. The Morgan fingerprint density at radius 2 is 1.88 bits per heavy atom. The Labute approximate surface area is 153 Å². The van der Waals surface area contributed by atoms with Crippen LogP contribution in [0.2, 0.25) is 0 Å². The zero-order valence-electron chi connectivity index (χ0n) is 15.2. The van der Waals surface area contributed by atoms with Gasteiger partial charge in [0.05, 0.1) is 6.61 Å². The number of ether oxygens (including phenoxy) is 1. The average molecular weight is 346 g/mol. The molecule has 0 bridgehead atoms. The molecule has 0 aliphatic carbocycles. The number of hydrogen-bond donors (Lipinski definition) is 1. The summed E-state index contributed by atoms with van der Waals surface area (Å²) in [6, 6.07) is 14.7. The smallest absolute Gasteiger partial charge is 0.226 e. The molecule has 1 aromatic heterocycles. The van der Waals surface area contributed by atoms with Crippen LogP contribution in [0.3, 0.4) is 0 Å². The molecule has 0 unspecified atom stereocenters. The quantitative estimate of drug-likeness (QED) is 0.763. The van der Waals surface area contributed by atoms with Gasteiger partial charge in [0, 0.05) is 5.70 Å². The van der Waals surface area contributed by atoms with Crippen molar-refractivity contribution in [1.29, 1.82) is 0 Å². The second-order valence-electron chi connectivity index (χ2n) is 6.48. The highest BCUT2D eigenvalue weighted by atomic mass is 16.5. The molecule has 2 aromatic carbocycles. The number of fused-ring (bicyclic) bond motifs is 1. The van der Waals surface area contributed by atoms with Crippen LogP contribution in [0.15, 0.2) is 54.9 Å². The number of rotatable bonds is 4. The average Bonchev–Trinajstić information content (AvgIpc) is 3.13. The minimum Gasteiger partial charge on any atom is -0.494 e. The van der Waals surface area contributed by atoms with Crippen LogP contribution in [0.4, 0.5) is 5.95 Å². The molecule has 26 heavy (non-hydrogen) atoms. The minimum absolute atomic E-state index is 0.0129. The second-order valence-corrected chi connectivity index (χ2v) is 6.48. The van der Waals surface area contributed by atoms with Crippen LogP contribution in [0.1, 0.15) is 35.2 Å². The minimum atomic E-state index is -0.0129. The molecule has 0 fully saturated rings. The molecule has 1 aliphatic rings. The third-order valence-electron chi connectivity index (χ3n) is 4.76. The molecule has 0 radical (unpaired) electrons. The number of nitrogens with one attached hydrogen (secondary N) is 1. The second kappa shape index (κ2) is 6.67. The number of aromatic nitrogens is 3. The van der Waals surface area contributed by atoms with E-state index < -0.39 is 0 Å². The Balaban J connectivity index is 1.74. The van der Waals surface area contributed by atoms with E-state index in [-0.39, 0.29) is 6.04 Å². The Morgan fingerprint density at radius 1 is 1.08 bits per heavy atom. The maximum Gasteiger partial charge on any atom is 0.226 e. The first-order valence-corrected chi connectivity index (χ1v) is 8.84. The molecule has 1 aliphatic heterocycles. The van der Waals surface area contributed by atoms with Crippen LogP contribution in [0.5, 0.6) is 5.75 Å². The topological polar surface area (TPSA) is 52.0 Å². The van der Waals surface area contributed by atoms with Gasteiger partial charge in [0.2, 0.25) is 5.95 Å². The highest BCUT2D eigenvalue weighted by molar-refractivity contribution is 5.77. The highest BCUT2D eigenvalue weighted by Gasteiger charge is 2.23. The van der Waals surface area contributed by atoms with Crippen molar-refractivity contribution in [2.75, 3.05) is 11.9 Å². The molecule has 4 rings (SSSR count). The maximum absolute atomic E-state index is 5.55. The lowest BCUT2D eigenvalue weighted by Crippen LogP contribution is -2.20. The third-order valence-corrected chi connectivity index (χ3v) is 4.76. The van der Waals surface area contributed by atoms with Crippen molar-refractivity contribution in [2.45, 2.75) is 26.8 Å². The predicted octanol–water partition coefficient (Wildman–Crippen LogP) is 4.35. The van der Waals surface area contributed by atoms with Crippen LogP contribution in [0, 0.1) is 13.8 Å². The van der Waals surface area contributed by atoms with E-state index in [4.69, 9.17) is 4.74 Å². The van der Waals surface area contributed by atoms with Gasteiger partial charge in [0.1, 0.15) is 18.1 Å². The van der Waals surface area contributed by atoms with Crippen molar-refractivity contribution in [2.24, 2.45) is 0 Å². The van der Waals surface area contributed by atoms with Gasteiger partial charge in [-0.25, -0.2) is 4.68 Å². The number of anilines is 1. The van der Waals surface area contributed by atoms with E-state index in [9.17, 15) is 0 Å². The van der Waals surface area contributed by atoms with Gasteiger partial charge in [0.25, 0.3) is 0 Å². The summed E-state index contributed by atoms with van der Waals surface area (Å²) in [5.74, 6) is 1.63. The van der Waals surface area contributed by atoms with E-state index in [1.165, 1.54) is 11.1 Å². The van der Waals surface area contributed by atoms with Crippen molar-refractivity contribution >= 4 is 11.6 Å². The van der Waals surface area contributed by atoms with Crippen molar-refractivity contribution in [3.05, 3.63) is 77.1 Å². The molecule has 5 heteroatoms. The lowest BCUT2D eigenvalue weighted by Gasteiger charge is -2.25. The molecule has 3 aromatic rings. The van der Waals surface area contributed by atoms with Crippen molar-refractivity contribution in [3.8, 4) is 5.75 Å². The molecule has 1 atom stereocenters. The van der Waals surface area contributed by atoms with Crippen LogP contribution in [-0.4, -0.2) is 21.4 Å². The molecular weight excluding hydrogens is 324 g/mol. The zero-order valence-corrected chi connectivity index (χ0v) is 15.2. The van der Waals surface area contributed by atoms with Crippen LogP contribution in [0.25, 0.3) is 5.70 Å². The molecule has 0 saturated heterocycles. The van der Waals surface area contributed by atoms with E-state index in [0.717, 1.165) is 28.5 Å². The zero-order chi connectivity index (χ0) is 18.1. The SMILES string of the molecule is CCOc1ccc([C@@H]2C=C(c3ccc(C)c(C)c3)Nc3ncnn32)cc1. The van der Waals surface area contributed by atoms with Gasteiger partial charge < -0.3 is 10.1 Å². The lowest BCUT2D eigenvalue weighted by molar-refractivity contribution is 0.340. The third kappa shape index (κ3) is 2.96. The fourth-order valence-corrected chi connectivity index (χ4v) is 3.18. The number of allylic oxidation sites excluding steroid dienone is 1. The van der Waals surface area contributed by atoms with Gasteiger partial charge in [-0.2, -0.15) is 10.1 Å². The summed E-state index contributed by atoms with van der Waals surface area (Å²) in [5, 5.41) is 7.80. The van der Waals surface area contributed by atoms with Gasteiger partial charge in [-0.15, -0.1) is 0 Å². The first-order chi connectivity index (χ1) is 12.7. The molecule has 2 heterocycles. The number of benzene rings is 2. The largest absolute Gasteiger partial charge is 0.494 e. The van der Waals surface area contributed by atoms with E-state index in [1.54, 1.807) is 6.33 Å². The van der Waals surface area contributed by atoms with Gasteiger partial charge in [0.15, 0.2) is 0 Å². The molecule has 5 nitrogen and oxygen atoms in total. The molecule has 132 valence electrons. The number of hydrogen-bond acceptors (Lipinski definition) is 4. The monoisotopic (exact) mass is 346 g/mol. The van der Waals surface area contributed by atoms with E-state index in [0.29, 0.717) is 6.61 Å². The summed E-state index contributed by atoms with van der Waals surface area (Å²) in [7, 11) is 0. The van der Waals surface area contributed by atoms with Crippen molar-refractivity contribution in [1.82, 2.24) is 14.8 Å². The normalized spacial score (nSPS) is 15.8. The van der Waals surface area contributed by atoms with E-state index in [2.05, 4.69) is 65.7 Å². The predicted molar refractivity (Wildman–Crippen MR) is 103 cm³/mol. The Bertz CT molecular complexity index is 956. The Hall–Kier alpha value is -3.08. The summed E-state index contributed by atoms with van der Waals surface area (Å²) in [6.45, 7) is 6.91. The van der Waals surface area contributed by atoms with Crippen LogP contribution >= 0.6 is 0 Å². The van der Waals surface area contributed by atoms with E-state index >= 15 is 0 Å². The first-order valence-electron chi connectivity index (χ1n) is 8.84. The van der Waals surface area contributed by atoms with Crippen molar-refractivity contribution in [3.63, 3.8) is 0 Å². The molecule has 1 N–H and O–H groups in total. The molecule has 0 amide bonds. The summed E-state index contributed by atoms with van der Waals surface area (Å²) < 4.78 is 7.46. The van der Waals surface area contributed by atoms with Crippen LogP contribution in [-0.2, 0) is 0 Å². The summed E-state index contributed by atoms with van der Waals surface area (Å²) in [4.78, 5) is 4.37.